The Balaban J connectivity index is 1.47. The number of amides is 1. The lowest BCUT2D eigenvalue weighted by atomic mass is 10.1. The predicted molar refractivity (Wildman–Crippen MR) is 122 cm³/mol. The van der Waals surface area contributed by atoms with Gasteiger partial charge in [0.05, 0.1) is 29.7 Å². The molecule has 11 heteroatoms. The van der Waals surface area contributed by atoms with Crippen molar-refractivity contribution in [2.75, 3.05) is 25.0 Å². The number of hydrogen-bond donors (Lipinski definition) is 2. The molecule has 0 fully saturated rings. The summed E-state index contributed by atoms with van der Waals surface area (Å²) in [4.78, 5) is 18.2. The molecule has 0 aliphatic carbocycles. The van der Waals surface area contributed by atoms with Gasteiger partial charge in [0.15, 0.2) is 11.5 Å². The zero-order valence-corrected chi connectivity index (χ0v) is 18.3. The first-order valence-corrected chi connectivity index (χ1v) is 10.7. The van der Waals surface area contributed by atoms with Crippen molar-refractivity contribution in [3.05, 3.63) is 59.0 Å². The maximum absolute atomic E-state index is 13.1. The molecule has 0 unspecified atom stereocenters. The van der Waals surface area contributed by atoms with Gasteiger partial charge in [0.25, 0.3) is 5.91 Å². The summed E-state index contributed by atoms with van der Waals surface area (Å²) in [6.07, 6.45) is -4.57. The van der Waals surface area contributed by atoms with Crippen LogP contribution in [-0.4, -0.2) is 24.8 Å². The van der Waals surface area contributed by atoms with Crippen molar-refractivity contribution in [2.45, 2.75) is 6.18 Å². The lowest BCUT2D eigenvalue weighted by molar-refractivity contribution is -0.137. The molecule has 0 saturated carbocycles. The number of aromatic nitrogens is 1. The summed E-state index contributed by atoms with van der Waals surface area (Å²) >= 11 is 1.04. The Morgan fingerprint density at radius 1 is 1.12 bits per heavy atom. The summed E-state index contributed by atoms with van der Waals surface area (Å²) in [7, 11) is 1.30. The third kappa shape index (κ3) is 3.83. The van der Waals surface area contributed by atoms with Gasteiger partial charge in [-0.25, -0.2) is 4.98 Å². The molecule has 3 heterocycles. The average Bonchev–Trinajstić information content (AvgIpc) is 3.42. The molecule has 5 rings (SSSR count). The second-order valence-corrected chi connectivity index (χ2v) is 8.33. The molecule has 34 heavy (non-hydrogen) atoms. The number of alkyl halides is 3. The molecule has 7 nitrogen and oxygen atoms in total. The number of methoxy groups -OCH3 is 1. The predicted octanol–water partition coefficient (Wildman–Crippen LogP) is 5.55. The number of halogens is 3. The fraction of sp³-hybridized carbons (Fsp3) is 0.130. The van der Waals surface area contributed by atoms with Crippen LogP contribution >= 0.6 is 11.3 Å². The molecule has 0 bridgehead atoms. The zero-order valence-electron chi connectivity index (χ0n) is 17.5. The maximum atomic E-state index is 13.1. The van der Waals surface area contributed by atoms with Crippen molar-refractivity contribution in [2.24, 2.45) is 0 Å². The minimum atomic E-state index is -4.57. The Morgan fingerprint density at radius 3 is 2.68 bits per heavy atom. The summed E-state index contributed by atoms with van der Waals surface area (Å²) in [5.74, 6) is 0.682. The van der Waals surface area contributed by atoms with Crippen LogP contribution in [0.3, 0.4) is 0 Å². The van der Waals surface area contributed by atoms with Crippen LogP contribution in [-0.2, 0) is 6.18 Å². The number of nitrogens with one attached hydrogen (secondary N) is 1. The van der Waals surface area contributed by atoms with Crippen molar-refractivity contribution in [1.29, 1.82) is 0 Å². The normalized spacial score (nSPS) is 12.7. The molecular weight excluding hydrogens is 471 g/mol. The highest BCUT2D eigenvalue weighted by atomic mass is 32.1. The van der Waals surface area contributed by atoms with Crippen molar-refractivity contribution >= 4 is 38.8 Å². The average molecular weight is 487 g/mol. The number of benzene rings is 2. The Bertz CT molecular complexity index is 1440. The highest BCUT2D eigenvalue weighted by molar-refractivity contribution is 7.21. The molecule has 2 aromatic carbocycles. The van der Waals surface area contributed by atoms with Crippen molar-refractivity contribution in [1.82, 2.24) is 4.98 Å². The Hall–Kier alpha value is -3.99. The number of carbonyl (C=O) groups excluding carboxylic acids is 1. The van der Waals surface area contributed by atoms with Gasteiger partial charge in [-0.1, -0.05) is 0 Å². The summed E-state index contributed by atoms with van der Waals surface area (Å²) in [6.45, 7) is 0.155. The first-order valence-electron chi connectivity index (χ1n) is 9.90. The molecule has 0 atom stereocenters. The highest BCUT2D eigenvalue weighted by Gasteiger charge is 2.31. The molecule has 2 aromatic heterocycles. The summed E-state index contributed by atoms with van der Waals surface area (Å²) in [5.41, 5.74) is 6.77. The van der Waals surface area contributed by atoms with Gasteiger partial charge in [-0.2, -0.15) is 13.2 Å². The minimum absolute atomic E-state index is 0.0873. The third-order valence-electron chi connectivity index (χ3n) is 5.24. The van der Waals surface area contributed by atoms with Gasteiger partial charge in [0.1, 0.15) is 15.5 Å². The molecule has 4 aromatic rings. The molecule has 174 valence electrons. The SMILES string of the molecule is COc1ccc(C(F)(F)F)cc1NC(=O)c1sc2nc(-c3ccc4c(c3)OCO4)ccc2c1N. The van der Waals surface area contributed by atoms with E-state index in [1.54, 1.807) is 24.3 Å². The molecular formula is C23H16F3N3O4S. The maximum Gasteiger partial charge on any atom is 0.416 e. The van der Waals surface area contributed by atoms with Crippen LogP contribution in [0.2, 0.25) is 0 Å². The standard InChI is InChI=1S/C23H16F3N3O4S/c1-31-16-7-3-12(23(24,25)26)9-15(16)28-21(30)20-19(27)13-4-5-14(29-22(13)34-20)11-2-6-17-18(8-11)33-10-32-17/h2-9H,10,27H2,1H3,(H,28,30). The molecule has 3 N–H and O–H groups in total. The van der Waals surface area contributed by atoms with E-state index in [1.807, 2.05) is 6.07 Å². The van der Waals surface area contributed by atoms with Crippen LogP contribution in [0.15, 0.2) is 48.5 Å². The van der Waals surface area contributed by atoms with Crippen molar-refractivity contribution < 1.29 is 32.2 Å². The van der Waals surface area contributed by atoms with Crippen LogP contribution in [0.25, 0.3) is 21.5 Å². The van der Waals surface area contributed by atoms with Gasteiger partial charge >= 0.3 is 6.18 Å². The zero-order chi connectivity index (χ0) is 24.0. The number of hydrogen-bond acceptors (Lipinski definition) is 7. The largest absolute Gasteiger partial charge is 0.495 e. The number of fused-ring (bicyclic) bond motifs is 2. The van der Waals surface area contributed by atoms with Crippen LogP contribution < -0.4 is 25.3 Å². The number of nitrogens with zero attached hydrogens (tertiary/aromatic N) is 1. The number of ether oxygens (including phenoxy) is 3. The minimum Gasteiger partial charge on any atom is -0.495 e. The lowest BCUT2D eigenvalue weighted by Crippen LogP contribution is -2.14. The van der Waals surface area contributed by atoms with Gasteiger partial charge in [-0.15, -0.1) is 11.3 Å². The second-order valence-electron chi connectivity index (χ2n) is 7.33. The van der Waals surface area contributed by atoms with E-state index in [-0.39, 0.29) is 28.8 Å². The molecule has 0 spiro atoms. The van der Waals surface area contributed by atoms with E-state index in [0.29, 0.717) is 27.4 Å². The number of nitrogens with two attached hydrogens (primary N) is 1. The van der Waals surface area contributed by atoms with Gasteiger partial charge in [0, 0.05) is 10.9 Å². The number of anilines is 2. The highest BCUT2D eigenvalue weighted by Crippen LogP contribution is 2.39. The van der Waals surface area contributed by atoms with Crippen molar-refractivity contribution in [3.8, 4) is 28.5 Å². The second kappa shape index (κ2) is 8.10. The third-order valence-corrected chi connectivity index (χ3v) is 6.36. The van der Waals surface area contributed by atoms with Crippen LogP contribution in [0.1, 0.15) is 15.2 Å². The van der Waals surface area contributed by atoms with E-state index in [4.69, 9.17) is 19.9 Å². The summed E-state index contributed by atoms with van der Waals surface area (Å²) < 4.78 is 55.2. The Morgan fingerprint density at radius 2 is 1.91 bits per heavy atom. The fourth-order valence-electron chi connectivity index (χ4n) is 3.54. The number of nitrogen functional groups attached to an aromatic ring is 1. The van der Waals surface area contributed by atoms with Gasteiger partial charge in [-0.05, 0) is 48.5 Å². The molecule has 0 saturated heterocycles. The number of carbonyl (C=O) groups is 1. The van der Waals surface area contributed by atoms with Gasteiger partial charge in [0.2, 0.25) is 6.79 Å². The Labute approximate surface area is 194 Å². The topological polar surface area (TPSA) is 95.7 Å². The van der Waals surface area contributed by atoms with Crippen LogP contribution in [0.4, 0.5) is 24.5 Å². The van der Waals surface area contributed by atoms with Gasteiger partial charge in [-0.3, -0.25) is 4.79 Å². The molecule has 1 aliphatic heterocycles. The molecule has 0 radical (unpaired) electrons. The van der Waals surface area contributed by atoms with E-state index in [9.17, 15) is 18.0 Å². The summed E-state index contributed by atoms with van der Waals surface area (Å²) in [6, 6.07) is 11.8. The van der Waals surface area contributed by atoms with Crippen LogP contribution in [0, 0.1) is 0 Å². The first kappa shape index (κ1) is 21.8. The number of rotatable bonds is 4. The number of thiophene rings is 1. The molecule has 1 aliphatic rings. The quantitative estimate of drug-likeness (QED) is 0.392. The van der Waals surface area contributed by atoms with Crippen LogP contribution in [0.5, 0.6) is 17.2 Å². The van der Waals surface area contributed by atoms with E-state index in [1.165, 1.54) is 7.11 Å². The van der Waals surface area contributed by atoms with Crippen molar-refractivity contribution in [3.63, 3.8) is 0 Å². The fourth-order valence-corrected chi connectivity index (χ4v) is 4.53. The summed E-state index contributed by atoms with van der Waals surface area (Å²) in [5, 5.41) is 3.04. The van der Waals surface area contributed by atoms with E-state index in [2.05, 4.69) is 10.3 Å². The van der Waals surface area contributed by atoms with E-state index >= 15 is 0 Å². The first-order chi connectivity index (χ1) is 16.2. The van der Waals surface area contributed by atoms with Gasteiger partial charge < -0.3 is 25.3 Å². The molecule has 1 amide bonds. The number of pyridine rings is 1. The lowest BCUT2D eigenvalue weighted by Gasteiger charge is -2.13. The van der Waals surface area contributed by atoms with E-state index < -0.39 is 17.6 Å². The Kier molecular flexibility index (Phi) is 5.20. The monoisotopic (exact) mass is 487 g/mol. The van der Waals surface area contributed by atoms with E-state index in [0.717, 1.165) is 35.1 Å². The smallest absolute Gasteiger partial charge is 0.416 e.